The maximum atomic E-state index is 13.4. The Morgan fingerprint density at radius 1 is 0.660 bits per heavy atom. The van der Waals surface area contributed by atoms with Crippen molar-refractivity contribution in [3.8, 4) is 11.5 Å². The van der Waals surface area contributed by atoms with E-state index in [2.05, 4.69) is 0 Å². The predicted molar refractivity (Wildman–Crippen MR) is 309 cm³/mol. The Balaban J connectivity index is 0.716. The molecule has 0 aliphatic carbocycles. The van der Waals surface area contributed by atoms with Crippen molar-refractivity contribution in [1.29, 1.82) is 0 Å². The van der Waals surface area contributed by atoms with E-state index in [-0.39, 0.29) is 49.7 Å². The zero-order chi connectivity index (χ0) is 68.2. The molecule has 9 N–H and O–H groups in total. The average Bonchev–Trinajstić information content (AvgIpc) is 1.54. The topological polar surface area (TPSA) is 410 Å². The van der Waals surface area contributed by atoms with E-state index in [9.17, 15) is 55.5 Å². The summed E-state index contributed by atoms with van der Waals surface area (Å²) in [5.74, 6) is -7.67. The Labute approximate surface area is 551 Å². The molecule has 0 amide bonds. The molecule has 34 heteroatoms. The summed E-state index contributed by atoms with van der Waals surface area (Å²) in [5.41, 5.74) is -3.57. The first kappa shape index (κ1) is 72.5. The molecule has 10 aliphatic heterocycles. The highest BCUT2D eigenvalue weighted by molar-refractivity contribution is 6.39. The molecule has 32 atom stereocenters. The first-order chi connectivity index (χ1) is 44.4. The fraction of sp³-hybridized carbons (Fsp3) is 0.867. The van der Waals surface area contributed by atoms with Gasteiger partial charge in [0.15, 0.2) is 55.0 Å². The Hall–Kier alpha value is -2.70. The molecule has 0 saturated carbocycles. The summed E-state index contributed by atoms with van der Waals surface area (Å²) in [5, 5.41) is 101. The van der Waals surface area contributed by atoms with Gasteiger partial charge < -0.3 is 145 Å². The van der Waals surface area contributed by atoms with Gasteiger partial charge in [-0.25, -0.2) is 4.79 Å². The highest BCUT2D eigenvalue weighted by Gasteiger charge is 2.73. The second kappa shape index (κ2) is 28.0. The number of phenolic OH excluding ortho intramolecular Hbond substituents is 2. The van der Waals surface area contributed by atoms with Crippen LogP contribution in [0.2, 0.25) is 10.0 Å². The summed E-state index contributed by atoms with van der Waals surface area (Å²) < 4.78 is 130. The van der Waals surface area contributed by atoms with Crippen LogP contribution in [0.1, 0.15) is 104 Å². The smallest absolute Gasteiger partial charge is 0.342 e. The minimum Gasteiger partial charge on any atom is -0.505 e. The van der Waals surface area contributed by atoms with Gasteiger partial charge in [-0.3, -0.25) is 4.79 Å². The van der Waals surface area contributed by atoms with Crippen LogP contribution >= 0.6 is 23.2 Å². The van der Waals surface area contributed by atoms with Crippen LogP contribution < -0.4 is 0 Å². The maximum absolute atomic E-state index is 13.4. The summed E-state index contributed by atoms with van der Waals surface area (Å²) in [4.78, 5) is 26.7. The van der Waals surface area contributed by atoms with E-state index in [4.69, 9.17) is 123 Å². The fourth-order valence-corrected chi connectivity index (χ4v) is 15.0. The Morgan fingerprint density at radius 3 is 2.00 bits per heavy atom. The Kier molecular flexibility index (Phi) is 21.6. The lowest BCUT2D eigenvalue weighted by Gasteiger charge is -2.51. The van der Waals surface area contributed by atoms with E-state index in [0.29, 0.717) is 0 Å². The second-order valence-corrected chi connectivity index (χ2v) is 26.9. The summed E-state index contributed by atoms with van der Waals surface area (Å²) in [6.45, 7) is 14.8. The summed E-state index contributed by atoms with van der Waals surface area (Å²) >= 11 is 12.1. The number of hydrogen-bond donors (Lipinski definition) is 9. The van der Waals surface area contributed by atoms with Crippen LogP contribution in [0, 0.1) is 12.8 Å². The van der Waals surface area contributed by atoms with Crippen LogP contribution in [0.5, 0.6) is 11.5 Å². The van der Waals surface area contributed by atoms with E-state index in [1.165, 1.54) is 35.0 Å². The number of phenols is 2. The molecule has 2 spiro atoms. The van der Waals surface area contributed by atoms with Crippen molar-refractivity contribution in [2.75, 3.05) is 34.2 Å². The number of ether oxygens (including phenoxy) is 21. The third kappa shape index (κ3) is 13.0. The molecule has 10 fully saturated rings. The van der Waals surface area contributed by atoms with Gasteiger partial charge in [0.05, 0.1) is 79.4 Å². The number of rotatable bonds is 17. The zero-order valence-corrected chi connectivity index (χ0v) is 55.4. The van der Waals surface area contributed by atoms with Crippen molar-refractivity contribution >= 4 is 35.1 Å². The van der Waals surface area contributed by atoms with E-state index in [1.54, 1.807) is 48.5 Å². The van der Waals surface area contributed by atoms with Crippen LogP contribution in [-0.4, -0.2) is 287 Å². The number of fused-ring (bicyclic) bond motifs is 4. The summed E-state index contributed by atoms with van der Waals surface area (Å²) in [7, 11) is 2.65. The van der Waals surface area contributed by atoms with E-state index >= 15 is 0 Å². The molecular weight excluding hydrogens is 1300 g/mol. The molecule has 94 heavy (non-hydrogen) atoms. The lowest BCUT2D eigenvalue weighted by Crippen LogP contribution is -2.73. The van der Waals surface area contributed by atoms with Crippen LogP contribution in [0.4, 0.5) is 0 Å². The third-order valence-corrected chi connectivity index (χ3v) is 20.3. The van der Waals surface area contributed by atoms with E-state index < -0.39 is 242 Å². The van der Waals surface area contributed by atoms with Crippen LogP contribution in [-0.2, 0) is 104 Å². The van der Waals surface area contributed by atoms with Gasteiger partial charge >= 0.3 is 17.9 Å². The van der Waals surface area contributed by atoms with Gasteiger partial charge in [0, 0.05) is 27.1 Å². The average molecular weight is 1390 g/mol. The van der Waals surface area contributed by atoms with Crippen LogP contribution in [0.25, 0.3) is 0 Å². The molecule has 11 rings (SSSR count). The molecule has 10 heterocycles. The van der Waals surface area contributed by atoms with Crippen molar-refractivity contribution < 1.29 is 155 Å². The van der Waals surface area contributed by atoms with Crippen molar-refractivity contribution in [1.82, 2.24) is 0 Å². The lowest BCUT2D eigenvalue weighted by atomic mass is 9.78. The number of aliphatic hydroxyl groups is 7. The van der Waals surface area contributed by atoms with Gasteiger partial charge in [-0.05, 0) is 60.5 Å². The standard InChI is InChI=1S/C60H88Cl2O32/c1-13-31(66)59(73)26(9)90-60(51-50(59)77-19-78-51)91-30-18-76-55(48(45(30)92-60)86-52(71)20(2)3)88-56-47(75-12)39(69)44(29(17-63)82-56)87-54-40(70)46(43(74-11)23(6)81-54)84-33-16-57(10)49(25(8)80-33)93-58(94-57)15-28(65)42(24(7)89-58)83-32-14-27(64)41(22(5)79-32)85-53(72)34-21(4)35(61)38(68)36(62)37(34)67/h20,22-33,39-51,54-56,63-70,73H,13-19H2,1-12H3/t22-,23-,24-,25-,26-,27-,28-,29-,30+,31?,32+,33+,39+,40-,41-,42-,43+,44-,45-,46-,47+,48-,49-,50-,51-,54+,55-,56+,57-,58?,59-,60-/m1/s1. The molecule has 0 aromatic heterocycles. The Bertz CT molecular complexity index is 2790. The molecule has 2 unspecified atom stereocenters. The largest absolute Gasteiger partial charge is 0.505 e. The zero-order valence-electron chi connectivity index (χ0n) is 53.9. The van der Waals surface area contributed by atoms with Crippen LogP contribution in [0.15, 0.2) is 0 Å². The van der Waals surface area contributed by atoms with Crippen molar-refractivity contribution in [2.45, 2.75) is 290 Å². The highest BCUT2D eigenvalue weighted by atomic mass is 35.5. The Morgan fingerprint density at radius 2 is 1.34 bits per heavy atom. The van der Waals surface area contributed by atoms with Gasteiger partial charge in [0.2, 0.25) is 6.29 Å². The maximum Gasteiger partial charge on any atom is 0.342 e. The van der Waals surface area contributed by atoms with Crippen molar-refractivity contribution in [2.24, 2.45) is 5.92 Å². The lowest BCUT2D eigenvalue weighted by molar-refractivity contribution is -0.439. The van der Waals surface area contributed by atoms with Gasteiger partial charge in [-0.2, -0.15) is 0 Å². The number of aromatic hydroxyl groups is 2. The van der Waals surface area contributed by atoms with E-state index in [0.717, 1.165) is 0 Å². The molecule has 10 aliphatic rings. The van der Waals surface area contributed by atoms with Gasteiger partial charge in [-0.1, -0.05) is 44.0 Å². The van der Waals surface area contributed by atoms with Gasteiger partial charge in [0.25, 0.3) is 5.97 Å². The van der Waals surface area contributed by atoms with E-state index in [1.807, 2.05) is 0 Å². The normalized spacial score (nSPS) is 48.1. The SMILES string of the molecule is CCC(O)[C@@]1(O)[C@@H]2OCO[C@H]2[C@@]2(O[C@H]3[C@@H](OC(=O)C(C)C)[C@@H](O[C@@H]4O[C@H](CO)[C@@H](O[C@@H]5O[C@H](C)[C@H](OC)[C@H](O[C@H]6C[C@@]7(C)OC8(C[C@@H](O)[C@H](O[C@H]9C[C@@H](O)[C@H](OC(=O)c%10c(C)c(Cl)c(O)c(Cl)c%10O)[C@@H](C)O9)[C@@H](C)O8)O[C@@H]7[C@@H](C)O6)[C@H]5O)[C@H](O)[C@@H]4OC)OC[C@@H]3O2)O[C@@H]1C. The molecule has 534 valence electrons. The monoisotopic (exact) mass is 1390 g/mol. The highest BCUT2D eigenvalue weighted by Crippen LogP contribution is 2.53. The molecule has 10 saturated heterocycles. The number of carbonyl (C=O) groups is 2. The molecular formula is C60H88Cl2O32. The second-order valence-electron chi connectivity index (χ2n) is 26.2. The number of carbonyl (C=O) groups excluding carboxylic acids is 2. The number of aliphatic hydroxyl groups excluding tert-OH is 6. The molecule has 32 nitrogen and oxygen atoms in total. The molecule has 1 aromatic rings. The van der Waals surface area contributed by atoms with Gasteiger partial charge in [-0.15, -0.1) is 0 Å². The van der Waals surface area contributed by atoms with Gasteiger partial charge in [0.1, 0.15) is 102 Å². The number of esters is 2. The predicted octanol–water partition coefficient (Wildman–Crippen LogP) is 0.277. The summed E-state index contributed by atoms with van der Waals surface area (Å²) in [6.07, 6.45) is -34.9. The number of benzene rings is 1. The third-order valence-electron chi connectivity index (χ3n) is 19.5. The molecule has 0 radical (unpaired) electrons. The quantitative estimate of drug-likeness (QED) is 0.0946. The van der Waals surface area contributed by atoms with Crippen molar-refractivity contribution in [3.63, 3.8) is 0 Å². The first-order valence-corrected chi connectivity index (χ1v) is 32.4. The minimum atomic E-state index is -2.05. The van der Waals surface area contributed by atoms with Crippen molar-refractivity contribution in [3.05, 3.63) is 21.2 Å². The number of hydrogen-bond acceptors (Lipinski definition) is 32. The molecule has 0 bridgehead atoms. The number of methoxy groups -OCH3 is 2. The first-order valence-electron chi connectivity index (χ1n) is 31.6. The minimum absolute atomic E-state index is 0.00889. The van der Waals surface area contributed by atoms with Crippen LogP contribution in [0.3, 0.4) is 0 Å². The fourth-order valence-electron chi connectivity index (χ4n) is 14.6. The number of halogens is 2. The summed E-state index contributed by atoms with van der Waals surface area (Å²) in [6, 6.07) is 0. The molecule has 1 aromatic carbocycles.